The predicted octanol–water partition coefficient (Wildman–Crippen LogP) is 3.01. The zero-order valence-corrected chi connectivity index (χ0v) is 19.0. The lowest BCUT2D eigenvalue weighted by Crippen LogP contribution is -2.37. The van der Waals surface area contributed by atoms with Gasteiger partial charge in [0.1, 0.15) is 6.61 Å². The van der Waals surface area contributed by atoms with Gasteiger partial charge in [0.15, 0.2) is 0 Å². The summed E-state index contributed by atoms with van der Waals surface area (Å²) in [5, 5.41) is 15.5. The smallest absolute Gasteiger partial charge is 0.229 e. The third-order valence-electron chi connectivity index (χ3n) is 5.28. The number of hydrazone groups is 1. The molecule has 4 rings (SSSR count). The Morgan fingerprint density at radius 2 is 2.03 bits per heavy atom. The zero-order chi connectivity index (χ0) is 22.7. The molecular formula is C23H30N6O3. The Balaban J connectivity index is 1.54. The summed E-state index contributed by atoms with van der Waals surface area (Å²) in [6.07, 6.45) is 1.64. The van der Waals surface area contributed by atoms with Crippen molar-refractivity contribution in [2.24, 2.45) is 5.10 Å². The molecule has 170 valence electrons. The summed E-state index contributed by atoms with van der Waals surface area (Å²) < 4.78 is 11.2. The molecule has 9 nitrogen and oxygen atoms in total. The van der Waals surface area contributed by atoms with Crippen molar-refractivity contribution in [2.75, 3.05) is 43.2 Å². The summed E-state index contributed by atoms with van der Waals surface area (Å²) >= 11 is 0. The van der Waals surface area contributed by atoms with Crippen LogP contribution in [0.1, 0.15) is 30.8 Å². The lowest BCUT2D eigenvalue weighted by Gasteiger charge is -2.27. The fourth-order valence-electron chi connectivity index (χ4n) is 3.43. The van der Waals surface area contributed by atoms with E-state index in [0.29, 0.717) is 43.8 Å². The lowest BCUT2D eigenvalue weighted by molar-refractivity contribution is 0.0268. The van der Waals surface area contributed by atoms with Crippen molar-refractivity contribution < 1.29 is 14.6 Å². The molecule has 0 radical (unpaired) electrons. The highest BCUT2D eigenvalue weighted by molar-refractivity contribution is 5.87. The number of morpholine rings is 1. The third kappa shape index (κ3) is 5.35. The van der Waals surface area contributed by atoms with Crippen LogP contribution in [-0.2, 0) is 4.74 Å². The number of fused-ring (bicyclic) bond motifs is 1. The molecule has 0 spiro atoms. The fourth-order valence-corrected chi connectivity index (χ4v) is 3.43. The van der Waals surface area contributed by atoms with E-state index in [9.17, 15) is 5.11 Å². The quantitative estimate of drug-likeness (QED) is 0.384. The number of nitrogens with zero attached hydrogens (tertiary/aromatic N) is 4. The molecule has 32 heavy (non-hydrogen) atoms. The van der Waals surface area contributed by atoms with Crippen molar-refractivity contribution in [3.63, 3.8) is 0 Å². The van der Waals surface area contributed by atoms with Gasteiger partial charge in [-0.1, -0.05) is 0 Å². The molecule has 0 amide bonds. The molecular weight excluding hydrogens is 408 g/mol. The first-order valence-corrected chi connectivity index (χ1v) is 10.7. The van der Waals surface area contributed by atoms with Crippen LogP contribution in [0.4, 0.5) is 11.6 Å². The summed E-state index contributed by atoms with van der Waals surface area (Å²) in [6.45, 7) is 10.3. The van der Waals surface area contributed by atoms with Gasteiger partial charge >= 0.3 is 0 Å². The average Bonchev–Trinajstić information content (AvgIpc) is 3.06. The molecule has 0 unspecified atom stereocenters. The second-order valence-corrected chi connectivity index (χ2v) is 8.64. The summed E-state index contributed by atoms with van der Waals surface area (Å²) in [7, 11) is 0. The van der Waals surface area contributed by atoms with Crippen LogP contribution in [0.15, 0.2) is 29.4 Å². The Hall–Kier alpha value is -3.17. The molecule has 3 aromatic rings. The predicted molar refractivity (Wildman–Crippen MR) is 126 cm³/mol. The van der Waals surface area contributed by atoms with Crippen molar-refractivity contribution in [1.82, 2.24) is 15.0 Å². The van der Waals surface area contributed by atoms with E-state index in [0.717, 1.165) is 16.9 Å². The lowest BCUT2D eigenvalue weighted by atomic mass is 10.1. The first-order chi connectivity index (χ1) is 15.3. The van der Waals surface area contributed by atoms with Crippen LogP contribution in [0.2, 0.25) is 0 Å². The van der Waals surface area contributed by atoms with E-state index in [1.165, 1.54) is 10.9 Å². The number of H-pyrrole nitrogens is 1. The Labute approximate surface area is 187 Å². The normalized spacial score (nSPS) is 15.0. The van der Waals surface area contributed by atoms with Crippen LogP contribution in [0.5, 0.6) is 5.88 Å². The highest BCUT2D eigenvalue weighted by Crippen LogP contribution is 2.24. The minimum atomic E-state index is -0.965. The minimum Gasteiger partial charge on any atom is -0.474 e. The summed E-state index contributed by atoms with van der Waals surface area (Å²) in [4.78, 5) is 14.6. The van der Waals surface area contributed by atoms with Gasteiger partial charge in [-0.25, -0.2) is 4.98 Å². The van der Waals surface area contributed by atoms with Gasteiger partial charge in [0.05, 0.1) is 36.4 Å². The standard InChI is InChI=1S/C23H30N6O3/c1-15-16(2)25-20-6-5-17(11-19(15)20)28-24-13-18-12-21(32-14-23(3,4)30)27-22(26-18)29-7-9-31-10-8-29/h5-6,11-13,25,28,30H,7-10,14H2,1-4H3/b24-13+. The molecule has 0 atom stereocenters. The van der Waals surface area contributed by atoms with E-state index in [-0.39, 0.29) is 6.61 Å². The minimum absolute atomic E-state index is 0.122. The maximum absolute atomic E-state index is 10.00. The highest BCUT2D eigenvalue weighted by atomic mass is 16.5. The number of aryl methyl sites for hydroxylation is 2. The van der Waals surface area contributed by atoms with Gasteiger partial charge in [-0.3, -0.25) is 5.43 Å². The molecule has 9 heteroatoms. The maximum Gasteiger partial charge on any atom is 0.229 e. The van der Waals surface area contributed by atoms with Crippen LogP contribution in [0.3, 0.4) is 0 Å². The van der Waals surface area contributed by atoms with Gasteiger partial charge in [-0.05, 0) is 51.5 Å². The average molecular weight is 439 g/mol. The van der Waals surface area contributed by atoms with Crippen LogP contribution >= 0.6 is 0 Å². The molecule has 3 heterocycles. The number of aliphatic hydroxyl groups is 1. The molecule has 1 fully saturated rings. The van der Waals surface area contributed by atoms with Crippen LogP contribution < -0.4 is 15.1 Å². The number of hydrogen-bond donors (Lipinski definition) is 3. The molecule has 1 aliphatic rings. The van der Waals surface area contributed by atoms with Crippen LogP contribution in [-0.4, -0.2) is 64.8 Å². The van der Waals surface area contributed by atoms with Gasteiger partial charge in [0, 0.05) is 35.8 Å². The molecule has 1 aromatic carbocycles. The van der Waals surface area contributed by atoms with Crippen LogP contribution in [0, 0.1) is 13.8 Å². The number of nitrogens with one attached hydrogen (secondary N) is 2. The molecule has 1 saturated heterocycles. The Morgan fingerprint density at radius 1 is 1.25 bits per heavy atom. The van der Waals surface area contributed by atoms with Crippen molar-refractivity contribution in [1.29, 1.82) is 0 Å². The van der Waals surface area contributed by atoms with Crippen molar-refractivity contribution in [3.8, 4) is 5.88 Å². The van der Waals surface area contributed by atoms with E-state index in [4.69, 9.17) is 9.47 Å². The Kier molecular flexibility index (Phi) is 6.29. The Morgan fingerprint density at radius 3 is 2.78 bits per heavy atom. The number of hydrogen-bond acceptors (Lipinski definition) is 8. The third-order valence-corrected chi connectivity index (χ3v) is 5.28. The molecule has 3 N–H and O–H groups in total. The molecule has 2 aromatic heterocycles. The van der Waals surface area contributed by atoms with Gasteiger partial charge in [0.2, 0.25) is 11.8 Å². The van der Waals surface area contributed by atoms with Crippen LogP contribution in [0.25, 0.3) is 10.9 Å². The number of rotatable bonds is 7. The molecule has 0 saturated carbocycles. The van der Waals surface area contributed by atoms with Gasteiger partial charge in [-0.15, -0.1) is 0 Å². The maximum atomic E-state index is 10.00. The number of anilines is 2. The summed E-state index contributed by atoms with van der Waals surface area (Å²) in [6, 6.07) is 7.80. The number of aromatic amines is 1. The van der Waals surface area contributed by atoms with E-state index < -0.39 is 5.60 Å². The van der Waals surface area contributed by atoms with Gasteiger partial charge in [-0.2, -0.15) is 10.1 Å². The summed E-state index contributed by atoms with van der Waals surface area (Å²) in [5.74, 6) is 0.952. The van der Waals surface area contributed by atoms with Crippen molar-refractivity contribution >= 4 is 28.8 Å². The second kappa shape index (κ2) is 9.13. The Bertz CT molecular complexity index is 1110. The van der Waals surface area contributed by atoms with E-state index in [1.54, 1.807) is 26.1 Å². The molecule has 0 bridgehead atoms. The molecule has 0 aliphatic carbocycles. The number of aromatic nitrogens is 3. The SMILES string of the molecule is Cc1[nH]c2ccc(N/N=C/c3cc(OCC(C)(C)O)nc(N4CCOCC4)n3)cc2c1C. The van der Waals surface area contributed by atoms with Crippen molar-refractivity contribution in [3.05, 3.63) is 41.2 Å². The summed E-state index contributed by atoms with van der Waals surface area (Å²) in [5.41, 5.74) is 7.10. The number of ether oxygens (including phenoxy) is 2. The van der Waals surface area contributed by atoms with Gasteiger partial charge < -0.3 is 24.5 Å². The zero-order valence-electron chi connectivity index (χ0n) is 19.0. The first-order valence-electron chi connectivity index (χ1n) is 10.7. The highest BCUT2D eigenvalue weighted by Gasteiger charge is 2.18. The van der Waals surface area contributed by atoms with E-state index >= 15 is 0 Å². The number of benzene rings is 1. The topological polar surface area (TPSA) is 108 Å². The van der Waals surface area contributed by atoms with Crippen molar-refractivity contribution in [2.45, 2.75) is 33.3 Å². The first kappa shape index (κ1) is 22.0. The van der Waals surface area contributed by atoms with E-state index in [1.807, 2.05) is 12.1 Å². The largest absolute Gasteiger partial charge is 0.474 e. The molecule has 1 aliphatic heterocycles. The fraction of sp³-hybridized carbons (Fsp3) is 0.435. The van der Waals surface area contributed by atoms with Gasteiger partial charge in [0.25, 0.3) is 0 Å². The second-order valence-electron chi connectivity index (χ2n) is 8.64. The monoisotopic (exact) mass is 438 g/mol. The van der Waals surface area contributed by atoms with E-state index in [2.05, 4.69) is 50.3 Å².